The number of hydrogen-bond donors (Lipinski definition) is 2. The zero-order valence-electron chi connectivity index (χ0n) is 19.3. The Kier molecular flexibility index (Phi) is 5.51. The van der Waals surface area contributed by atoms with Gasteiger partial charge in [0.2, 0.25) is 5.91 Å². The summed E-state index contributed by atoms with van der Waals surface area (Å²) in [4.78, 5) is 34.4. The number of nitrogens with zero attached hydrogens (tertiary/aromatic N) is 4. The first-order chi connectivity index (χ1) is 16.7. The van der Waals surface area contributed by atoms with Crippen LogP contribution in [0.25, 0.3) is 5.82 Å². The van der Waals surface area contributed by atoms with Gasteiger partial charge in [0.15, 0.2) is 21.5 Å². The molecule has 1 aliphatic heterocycles. The second-order valence-corrected chi connectivity index (χ2v) is 11.0. The third kappa shape index (κ3) is 4.23. The summed E-state index contributed by atoms with van der Waals surface area (Å²) in [5.74, 6) is -1.39. The highest BCUT2D eigenvalue weighted by atomic mass is 32.2. The molecule has 0 unspecified atom stereocenters. The van der Waals surface area contributed by atoms with Crippen LogP contribution in [0.5, 0.6) is 0 Å². The van der Waals surface area contributed by atoms with Gasteiger partial charge in [-0.05, 0) is 36.1 Å². The third-order valence-electron chi connectivity index (χ3n) is 6.28. The molecule has 0 fully saturated rings. The van der Waals surface area contributed by atoms with Crippen molar-refractivity contribution in [3.8, 4) is 5.82 Å². The molecule has 3 heterocycles. The van der Waals surface area contributed by atoms with Gasteiger partial charge in [-0.1, -0.05) is 24.3 Å². The molecule has 10 nitrogen and oxygen atoms in total. The Hall–Kier alpha value is -3.86. The van der Waals surface area contributed by atoms with Gasteiger partial charge in [-0.3, -0.25) is 14.6 Å². The van der Waals surface area contributed by atoms with Crippen LogP contribution in [0.4, 0.5) is 5.82 Å². The van der Waals surface area contributed by atoms with E-state index in [-0.39, 0.29) is 17.3 Å². The van der Waals surface area contributed by atoms with E-state index in [0.717, 1.165) is 30.2 Å². The van der Waals surface area contributed by atoms with Crippen LogP contribution < -0.4 is 10.6 Å². The minimum atomic E-state index is -3.57. The van der Waals surface area contributed by atoms with E-state index >= 15 is 0 Å². The second kappa shape index (κ2) is 8.42. The molecule has 35 heavy (non-hydrogen) atoms. The minimum absolute atomic E-state index is 0.0942. The fourth-order valence-electron chi connectivity index (χ4n) is 4.87. The van der Waals surface area contributed by atoms with Crippen LogP contribution in [0.3, 0.4) is 0 Å². The molecule has 1 aliphatic carbocycles. The first-order valence-electron chi connectivity index (χ1n) is 11.1. The quantitative estimate of drug-likeness (QED) is 0.517. The van der Waals surface area contributed by atoms with Gasteiger partial charge in [0.05, 0.1) is 11.2 Å². The van der Waals surface area contributed by atoms with Gasteiger partial charge in [-0.25, -0.2) is 13.4 Å². The van der Waals surface area contributed by atoms with Crippen LogP contribution in [0.15, 0.2) is 47.6 Å². The van der Waals surface area contributed by atoms with Gasteiger partial charge in [0, 0.05) is 37.7 Å². The molecule has 2 aromatic heterocycles. The van der Waals surface area contributed by atoms with Crippen molar-refractivity contribution in [2.75, 3.05) is 24.4 Å². The highest BCUT2D eigenvalue weighted by Gasteiger charge is 2.46. The van der Waals surface area contributed by atoms with E-state index in [9.17, 15) is 18.0 Å². The van der Waals surface area contributed by atoms with Crippen LogP contribution in [-0.4, -0.2) is 60.3 Å². The topological polar surface area (TPSA) is 135 Å². The molecular formula is C24H24N6O4S. The summed E-state index contributed by atoms with van der Waals surface area (Å²) in [5.41, 5.74) is 3.17. The maximum absolute atomic E-state index is 13.5. The van der Waals surface area contributed by atoms with E-state index in [2.05, 4.69) is 31.8 Å². The van der Waals surface area contributed by atoms with Crippen molar-refractivity contribution >= 4 is 33.7 Å². The van der Waals surface area contributed by atoms with E-state index in [1.54, 1.807) is 31.6 Å². The number of fused-ring (bicyclic) bond motifs is 3. The molecule has 1 atom stereocenters. The lowest BCUT2D eigenvalue weighted by atomic mass is 9.83. The number of carbonyl (C=O) groups is 2. The van der Waals surface area contributed by atoms with Crippen molar-refractivity contribution in [1.82, 2.24) is 20.1 Å². The fraction of sp³-hybridized carbons (Fsp3) is 0.292. The number of amides is 2. The maximum atomic E-state index is 13.5. The highest BCUT2D eigenvalue weighted by molar-refractivity contribution is 7.91. The van der Waals surface area contributed by atoms with Gasteiger partial charge in [0.25, 0.3) is 5.91 Å². The smallest absolute Gasteiger partial charge is 0.257 e. The monoisotopic (exact) mass is 492 g/mol. The number of aromatic nitrogens is 3. The molecule has 0 saturated heterocycles. The zero-order valence-corrected chi connectivity index (χ0v) is 20.1. The number of benzene rings is 1. The van der Waals surface area contributed by atoms with E-state index in [0.29, 0.717) is 17.9 Å². The molecule has 0 radical (unpaired) electrons. The Labute approximate surface area is 202 Å². The number of aryl methyl sites for hydroxylation is 1. The van der Waals surface area contributed by atoms with Crippen molar-refractivity contribution in [3.63, 3.8) is 0 Å². The molecule has 2 N–H and O–H groups in total. The number of anilines is 1. The van der Waals surface area contributed by atoms with Gasteiger partial charge < -0.3 is 10.6 Å². The summed E-state index contributed by atoms with van der Waals surface area (Å²) >= 11 is 0. The van der Waals surface area contributed by atoms with Crippen LogP contribution in [-0.2, 0) is 33.0 Å². The number of hydrogen-bond acceptors (Lipinski definition) is 7. The van der Waals surface area contributed by atoms with E-state index in [4.69, 9.17) is 0 Å². The fourth-order valence-corrected chi connectivity index (χ4v) is 5.42. The summed E-state index contributed by atoms with van der Waals surface area (Å²) in [6, 6.07) is 11.5. The van der Waals surface area contributed by atoms with Gasteiger partial charge in [-0.15, -0.1) is 0 Å². The lowest BCUT2D eigenvalue weighted by Gasteiger charge is -2.34. The van der Waals surface area contributed by atoms with Crippen molar-refractivity contribution in [2.45, 2.75) is 24.8 Å². The summed E-state index contributed by atoms with van der Waals surface area (Å²) in [7, 11) is -1.92. The summed E-state index contributed by atoms with van der Waals surface area (Å²) in [6.07, 6.45) is 6.24. The Morgan fingerprint density at radius 2 is 2.09 bits per heavy atom. The normalized spacial score (nSPS) is 19.0. The Balaban J connectivity index is 1.60. The Bertz CT molecular complexity index is 1480. The maximum Gasteiger partial charge on any atom is 0.257 e. The van der Waals surface area contributed by atoms with Crippen molar-refractivity contribution in [1.29, 1.82) is 0 Å². The largest absolute Gasteiger partial charge is 0.342 e. The SMILES string of the molecule is CN=Cc1ccc(-n2nc3c(c2NC(=O)CS(C)(=O)=O)C(=O)N[C@@]2(CCc4ccccc42)C3)nc1. The zero-order chi connectivity index (χ0) is 24.8. The van der Waals surface area contributed by atoms with Gasteiger partial charge in [-0.2, -0.15) is 9.78 Å². The van der Waals surface area contributed by atoms with Crippen LogP contribution in [0.1, 0.15) is 39.2 Å². The summed E-state index contributed by atoms with van der Waals surface area (Å²) in [6.45, 7) is 0. The molecule has 1 spiro atoms. The van der Waals surface area contributed by atoms with E-state index < -0.39 is 27.0 Å². The molecular weight excluding hydrogens is 468 g/mol. The lowest BCUT2D eigenvalue weighted by molar-refractivity contribution is -0.113. The minimum Gasteiger partial charge on any atom is -0.342 e. The molecule has 2 amide bonds. The Morgan fingerprint density at radius 3 is 2.80 bits per heavy atom. The highest BCUT2D eigenvalue weighted by Crippen LogP contribution is 2.43. The average Bonchev–Trinajstić information content (AvgIpc) is 3.32. The molecule has 11 heteroatoms. The molecule has 0 bridgehead atoms. The predicted octanol–water partition coefficient (Wildman–Crippen LogP) is 1.43. The van der Waals surface area contributed by atoms with Crippen LogP contribution >= 0.6 is 0 Å². The lowest BCUT2D eigenvalue weighted by Crippen LogP contribution is -2.49. The summed E-state index contributed by atoms with van der Waals surface area (Å²) < 4.78 is 24.7. The third-order valence-corrected chi connectivity index (χ3v) is 7.06. The van der Waals surface area contributed by atoms with Crippen molar-refractivity contribution < 1.29 is 18.0 Å². The predicted molar refractivity (Wildman–Crippen MR) is 131 cm³/mol. The first kappa shape index (κ1) is 22.9. The standard InChI is InChI=1S/C24H24N6O4S/c1-25-12-15-7-8-19(26-13-15)30-22(27-20(31)14-35(2,33)34)21-18(29-30)11-24(28-23(21)32)10-9-16-5-3-4-6-17(16)24/h3-8,12-13H,9-11,14H2,1-2H3,(H,27,31)(H,28,32)/t24-/m0/s1. The van der Waals surface area contributed by atoms with E-state index in [1.807, 2.05) is 18.2 Å². The molecule has 3 aromatic rings. The second-order valence-electron chi connectivity index (χ2n) is 8.91. The summed E-state index contributed by atoms with van der Waals surface area (Å²) in [5, 5.41) is 10.4. The van der Waals surface area contributed by atoms with Crippen LogP contribution in [0, 0.1) is 0 Å². The van der Waals surface area contributed by atoms with Crippen LogP contribution in [0.2, 0.25) is 0 Å². The molecule has 2 aliphatic rings. The van der Waals surface area contributed by atoms with Crippen molar-refractivity contribution in [2.24, 2.45) is 4.99 Å². The average molecular weight is 493 g/mol. The molecule has 0 saturated carbocycles. The molecule has 5 rings (SSSR count). The number of nitrogens with one attached hydrogen (secondary N) is 2. The number of aliphatic imine (C=N–C) groups is 1. The number of carbonyl (C=O) groups excluding carboxylic acids is 2. The number of pyridine rings is 1. The number of sulfone groups is 1. The molecule has 180 valence electrons. The molecule has 1 aromatic carbocycles. The number of rotatable bonds is 5. The van der Waals surface area contributed by atoms with Gasteiger partial charge >= 0.3 is 0 Å². The van der Waals surface area contributed by atoms with Crippen molar-refractivity contribution in [3.05, 3.63) is 70.5 Å². The Morgan fingerprint density at radius 1 is 1.29 bits per heavy atom. The first-order valence-corrected chi connectivity index (χ1v) is 13.1. The van der Waals surface area contributed by atoms with Gasteiger partial charge in [0.1, 0.15) is 11.3 Å². The van der Waals surface area contributed by atoms with E-state index in [1.165, 1.54) is 10.2 Å².